The summed E-state index contributed by atoms with van der Waals surface area (Å²) in [5, 5.41) is 0. The van der Waals surface area contributed by atoms with E-state index in [1.807, 2.05) is 0 Å². The number of imide groups is 1. The van der Waals surface area contributed by atoms with Gasteiger partial charge in [0.25, 0.3) is 11.5 Å². The summed E-state index contributed by atoms with van der Waals surface area (Å²) in [4.78, 5) is 52.1. The van der Waals surface area contributed by atoms with Crippen LogP contribution in [0.3, 0.4) is 0 Å². The predicted molar refractivity (Wildman–Crippen MR) is 95.0 cm³/mol. The smallest absolute Gasteiger partial charge is 0.288 e. The number of hydrogen-bond acceptors (Lipinski definition) is 4. The summed E-state index contributed by atoms with van der Waals surface area (Å²) in [6.07, 6.45) is 8.10. The van der Waals surface area contributed by atoms with Crippen LogP contribution in [0.25, 0.3) is 0 Å². The highest BCUT2D eigenvalue weighted by Crippen LogP contribution is 2.31. The number of fused-ring (bicyclic) bond motifs is 1. The van der Waals surface area contributed by atoms with Crippen LogP contribution in [0.15, 0.2) is 9.59 Å². The lowest BCUT2D eigenvalue weighted by Crippen LogP contribution is -2.56. The minimum Gasteiger partial charge on any atom is -0.288 e. The average molecular weight is 359 g/mol. The van der Waals surface area contributed by atoms with E-state index in [1.54, 1.807) is 0 Å². The number of hydrogen-bond donors (Lipinski definition) is 0. The van der Waals surface area contributed by atoms with Gasteiger partial charge in [0.2, 0.25) is 5.91 Å². The lowest BCUT2D eigenvalue weighted by Gasteiger charge is -2.38. The van der Waals surface area contributed by atoms with Crippen LogP contribution in [0, 0.1) is 5.92 Å². The molecule has 0 aromatic carbocycles. The number of rotatable bonds is 4. The molecule has 2 aliphatic carbocycles. The van der Waals surface area contributed by atoms with Gasteiger partial charge in [-0.2, -0.15) is 0 Å². The molecule has 26 heavy (non-hydrogen) atoms. The molecule has 1 aliphatic heterocycles. The molecule has 7 nitrogen and oxygen atoms in total. The molecule has 0 unspecified atom stereocenters. The van der Waals surface area contributed by atoms with E-state index in [-0.39, 0.29) is 29.6 Å². The van der Waals surface area contributed by atoms with Gasteiger partial charge in [0.15, 0.2) is 0 Å². The molecule has 140 valence electrons. The van der Waals surface area contributed by atoms with E-state index in [0.29, 0.717) is 12.5 Å². The molecule has 1 aromatic heterocycles. The summed E-state index contributed by atoms with van der Waals surface area (Å²) < 4.78 is 2.49. The second-order valence-corrected chi connectivity index (χ2v) is 7.90. The molecule has 2 amide bonds. The molecule has 0 radical (unpaired) electrons. The maximum absolute atomic E-state index is 13.1. The van der Waals surface area contributed by atoms with E-state index in [1.165, 1.54) is 29.4 Å². The molecule has 1 aromatic rings. The molecule has 0 spiro atoms. The second-order valence-electron chi connectivity index (χ2n) is 7.90. The van der Waals surface area contributed by atoms with Crippen LogP contribution in [-0.2, 0) is 24.8 Å². The summed E-state index contributed by atoms with van der Waals surface area (Å²) in [7, 11) is 1.42. The lowest BCUT2D eigenvalue weighted by molar-refractivity contribution is -0.131. The Balaban J connectivity index is 1.76. The number of amides is 2. The molecule has 0 saturated heterocycles. The van der Waals surface area contributed by atoms with Crippen molar-refractivity contribution in [1.29, 1.82) is 0 Å². The third-order valence-electron chi connectivity index (χ3n) is 6.33. The molecule has 2 heterocycles. The van der Waals surface area contributed by atoms with E-state index in [0.717, 1.165) is 43.1 Å². The SMILES string of the molecule is Cn1c(=O)c2c(n(CCC3CCCC3)c1=O)C(=O)N(C1CCC1)C(=O)C2. The highest BCUT2D eigenvalue weighted by molar-refractivity contribution is 6.09. The molecular weight excluding hydrogens is 334 g/mol. The Morgan fingerprint density at radius 3 is 2.27 bits per heavy atom. The summed E-state index contributed by atoms with van der Waals surface area (Å²) in [5.41, 5.74) is -0.633. The zero-order valence-electron chi connectivity index (χ0n) is 15.2. The van der Waals surface area contributed by atoms with E-state index in [4.69, 9.17) is 0 Å². The van der Waals surface area contributed by atoms with E-state index in [9.17, 15) is 19.2 Å². The van der Waals surface area contributed by atoms with Crippen LogP contribution in [0.1, 0.15) is 67.4 Å². The Labute approximate surface area is 151 Å². The zero-order chi connectivity index (χ0) is 18.4. The van der Waals surface area contributed by atoms with Crippen LogP contribution in [-0.4, -0.2) is 31.9 Å². The van der Waals surface area contributed by atoms with E-state index < -0.39 is 17.2 Å². The minimum absolute atomic E-state index is 0.0782. The normalized spacial score (nSPS) is 21.2. The topological polar surface area (TPSA) is 81.4 Å². The van der Waals surface area contributed by atoms with E-state index >= 15 is 0 Å². The molecule has 2 fully saturated rings. The van der Waals surface area contributed by atoms with Gasteiger partial charge in [-0.1, -0.05) is 25.7 Å². The fourth-order valence-electron chi connectivity index (χ4n) is 4.53. The Morgan fingerprint density at radius 1 is 0.962 bits per heavy atom. The first-order chi connectivity index (χ1) is 12.5. The number of nitrogens with zero attached hydrogens (tertiary/aromatic N) is 3. The van der Waals surface area contributed by atoms with Gasteiger partial charge in [0, 0.05) is 19.6 Å². The van der Waals surface area contributed by atoms with Crippen molar-refractivity contribution in [2.45, 2.75) is 70.4 Å². The molecule has 3 aliphatic rings. The lowest BCUT2D eigenvalue weighted by atomic mass is 9.89. The fraction of sp³-hybridized carbons (Fsp3) is 0.684. The Bertz CT molecular complexity index is 872. The summed E-state index contributed by atoms with van der Waals surface area (Å²) in [5.74, 6) is -0.203. The highest BCUT2D eigenvalue weighted by atomic mass is 16.2. The van der Waals surface area contributed by atoms with Gasteiger partial charge < -0.3 is 0 Å². The molecule has 0 N–H and O–H groups in total. The van der Waals surface area contributed by atoms with E-state index in [2.05, 4.69) is 0 Å². The van der Waals surface area contributed by atoms with Gasteiger partial charge >= 0.3 is 5.69 Å². The van der Waals surface area contributed by atoms with Gasteiger partial charge in [0.05, 0.1) is 12.0 Å². The van der Waals surface area contributed by atoms with Crippen LogP contribution in [0.4, 0.5) is 0 Å². The monoisotopic (exact) mass is 359 g/mol. The molecule has 0 bridgehead atoms. The third-order valence-corrected chi connectivity index (χ3v) is 6.33. The first-order valence-corrected chi connectivity index (χ1v) is 9.68. The fourth-order valence-corrected chi connectivity index (χ4v) is 4.53. The quantitative estimate of drug-likeness (QED) is 0.757. The Hall–Kier alpha value is -2.18. The summed E-state index contributed by atoms with van der Waals surface area (Å²) in [6, 6.07) is -0.0782. The van der Waals surface area contributed by atoms with Gasteiger partial charge in [-0.15, -0.1) is 0 Å². The minimum atomic E-state index is -0.517. The van der Waals surface area contributed by atoms with Crippen LogP contribution >= 0.6 is 0 Å². The maximum atomic E-state index is 13.1. The van der Waals surface area contributed by atoms with Crippen LogP contribution in [0.5, 0.6) is 0 Å². The Morgan fingerprint density at radius 2 is 1.65 bits per heavy atom. The molecule has 7 heteroatoms. The van der Waals surface area contributed by atoms with Gasteiger partial charge in [-0.05, 0) is 31.6 Å². The number of aromatic nitrogens is 2. The molecule has 2 saturated carbocycles. The van der Waals surface area contributed by atoms with Crippen LogP contribution in [0.2, 0.25) is 0 Å². The van der Waals surface area contributed by atoms with Crippen molar-refractivity contribution in [2.24, 2.45) is 13.0 Å². The zero-order valence-corrected chi connectivity index (χ0v) is 15.2. The average Bonchev–Trinajstić information content (AvgIpc) is 3.09. The summed E-state index contributed by atoms with van der Waals surface area (Å²) >= 11 is 0. The maximum Gasteiger partial charge on any atom is 0.331 e. The van der Waals surface area contributed by atoms with Crippen molar-refractivity contribution >= 4 is 11.8 Å². The summed E-state index contributed by atoms with van der Waals surface area (Å²) in [6.45, 7) is 0.429. The number of carbonyl (C=O) groups excluding carboxylic acids is 2. The highest BCUT2D eigenvalue weighted by Gasteiger charge is 2.41. The van der Waals surface area contributed by atoms with Crippen molar-refractivity contribution in [3.63, 3.8) is 0 Å². The second kappa shape index (κ2) is 6.52. The first-order valence-electron chi connectivity index (χ1n) is 9.68. The molecule has 0 atom stereocenters. The van der Waals surface area contributed by atoms with Gasteiger partial charge in [-0.3, -0.25) is 28.4 Å². The molecule has 4 rings (SSSR count). The largest absolute Gasteiger partial charge is 0.331 e. The standard InChI is InChI=1S/C19H25N3O4/c1-20-17(24)14-11-15(23)22(13-7-4-8-13)18(25)16(14)21(19(20)26)10-9-12-5-2-3-6-12/h12-13H,2-11H2,1H3. The van der Waals surface area contributed by atoms with Gasteiger partial charge in [0.1, 0.15) is 5.69 Å². The predicted octanol–water partition coefficient (Wildman–Crippen LogP) is 1.20. The van der Waals surface area contributed by atoms with Crippen molar-refractivity contribution in [1.82, 2.24) is 14.0 Å². The van der Waals surface area contributed by atoms with Crippen LogP contribution < -0.4 is 11.2 Å². The van der Waals surface area contributed by atoms with Crippen molar-refractivity contribution in [3.8, 4) is 0 Å². The Kier molecular flexibility index (Phi) is 4.32. The van der Waals surface area contributed by atoms with Crippen molar-refractivity contribution in [3.05, 3.63) is 32.1 Å². The number of carbonyl (C=O) groups is 2. The van der Waals surface area contributed by atoms with Crippen molar-refractivity contribution < 1.29 is 9.59 Å². The first kappa shape index (κ1) is 17.2. The third kappa shape index (κ3) is 2.64. The van der Waals surface area contributed by atoms with Crippen molar-refractivity contribution in [2.75, 3.05) is 0 Å². The van der Waals surface area contributed by atoms with Gasteiger partial charge in [-0.25, -0.2) is 4.79 Å². The molecular formula is C19H25N3O4.